The Bertz CT molecular complexity index is 844. The predicted octanol–water partition coefficient (Wildman–Crippen LogP) is 1.43. The van der Waals surface area contributed by atoms with Crippen molar-refractivity contribution in [3.05, 3.63) is 47.5 Å². The Morgan fingerprint density at radius 2 is 2.15 bits per heavy atom. The van der Waals surface area contributed by atoms with Gasteiger partial charge in [-0.05, 0) is 71.7 Å². The number of nitrogens with two attached hydrogens (primary N) is 1. The van der Waals surface area contributed by atoms with E-state index < -0.39 is 7.12 Å². The van der Waals surface area contributed by atoms with Gasteiger partial charge in [0.15, 0.2) is 0 Å². The largest absolute Gasteiger partial charge is 0.491 e. The summed E-state index contributed by atoms with van der Waals surface area (Å²) in [6.07, 6.45) is 2.45. The smallest absolute Gasteiger partial charge is 0.423 e. The molecular weight excluding hydrogens is 349 g/mol. The van der Waals surface area contributed by atoms with Crippen LogP contribution in [0.15, 0.2) is 41.3 Å². The summed E-state index contributed by atoms with van der Waals surface area (Å²) in [6.45, 7) is 0.433. The van der Waals surface area contributed by atoms with Crippen molar-refractivity contribution in [1.29, 1.82) is 0 Å². The highest BCUT2D eigenvalue weighted by Crippen LogP contribution is 2.28. The summed E-state index contributed by atoms with van der Waals surface area (Å²) in [7, 11) is -0.866. The lowest BCUT2D eigenvalue weighted by Gasteiger charge is -2.12. The van der Waals surface area contributed by atoms with Crippen molar-refractivity contribution >= 4 is 41.8 Å². The molecule has 2 aromatic rings. The monoisotopic (exact) mass is 369 g/mol. The number of hydrogen-bond donors (Lipinski definition) is 4. The number of carbonyl (C=O) groups is 1. The van der Waals surface area contributed by atoms with Gasteiger partial charge >= 0.3 is 7.12 Å². The van der Waals surface area contributed by atoms with Gasteiger partial charge < -0.3 is 25.5 Å². The third kappa shape index (κ3) is 3.98. The Hall–Kier alpha value is -2.16. The van der Waals surface area contributed by atoms with Gasteiger partial charge in [-0.25, -0.2) is 0 Å². The quantitative estimate of drug-likeness (QED) is 0.350. The van der Waals surface area contributed by atoms with Crippen LogP contribution in [0.4, 0.5) is 11.4 Å². The molecule has 1 fully saturated rings. The van der Waals surface area contributed by atoms with Crippen LogP contribution in [0.5, 0.6) is 0 Å². The molecule has 6 nitrogen and oxygen atoms in total. The number of amides is 1. The molecule has 0 aromatic heterocycles. The molecule has 0 spiro atoms. The third-order valence-electron chi connectivity index (χ3n) is 4.47. The molecular formula is C18H20BN3O3S. The first-order valence-corrected chi connectivity index (χ1v) is 9.43. The van der Waals surface area contributed by atoms with Crippen molar-refractivity contribution in [2.45, 2.75) is 36.8 Å². The highest BCUT2D eigenvalue weighted by Gasteiger charge is 2.27. The van der Waals surface area contributed by atoms with Crippen molar-refractivity contribution in [2.75, 3.05) is 10.5 Å². The van der Waals surface area contributed by atoms with Crippen molar-refractivity contribution in [2.24, 2.45) is 0 Å². The minimum Gasteiger partial charge on any atom is -0.423 e. The average molecular weight is 369 g/mol. The van der Waals surface area contributed by atoms with E-state index in [0.29, 0.717) is 24.8 Å². The van der Waals surface area contributed by atoms with Gasteiger partial charge in [0.05, 0.1) is 13.0 Å². The van der Waals surface area contributed by atoms with Crippen LogP contribution in [-0.2, 0) is 22.5 Å². The van der Waals surface area contributed by atoms with Crippen LogP contribution in [0.1, 0.15) is 24.0 Å². The highest BCUT2D eigenvalue weighted by atomic mass is 32.2. The zero-order chi connectivity index (χ0) is 18.1. The molecule has 1 aliphatic heterocycles. The first-order chi connectivity index (χ1) is 12.6. The number of nitrogens with one attached hydrogen (secondary N) is 2. The normalized spacial score (nSPS) is 15.7. The number of hydrogen-bond acceptors (Lipinski definition) is 6. The number of nitrogen functional groups attached to an aromatic ring is 1. The molecule has 0 radical (unpaired) electrons. The minimum atomic E-state index is -0.866. The topological polar surface area (TPSA) is 96.6 Å². The van der Waals surface area contributed by atoms with E-state index in [1.807, 2.05) is 36.4 Å². The maximum absolute atomic E-state index is 12.1. The van der Waals surface area contributed by atoms with Crippen molar-refractivity contribution in [3.8, 4) is 0 Å². The molecule has 1 aliphatic carbocycles. The molecule has 2 aromatic carbocycles. The van der Waals surface area contributed by atoms with Crippen molar-refractivity contribution in [3.63, 3.8) is 0 Å². The molecule has 0 unspecified atom stereocenters. The fraction of sp³-hybridized carbons (Fsp3) is 0.278. The standard InChI is InChI=1S/C18H20BN3O3S/c20-13-2-6-17(12(7-13)8-18(23)21-14-4-5-14)26-22-15-3-1-11-10-25-19(24)16(11)9-15/h1-3,6-7,9,14,22,24H,4-5,8,10,20H2,(H,21,23). The van der Waals surface area contributed by atoms with E-state index in [-0.39, 0.29) is 5.91 Å². The van der Waals surface area contributed by atoms with E-state index in [0.717, 1.165) is 40.0 Å². The molecule has 0 saturated heterocycles. The first kappa shape index (κ1) is 17.3. The second-order valence-corrected chi connectivity index (χ2v) is 7.51. The molecule has 5 N–H and O–H groups in total. The van der Waals surface area contributed by atoms with Crippen LogP contribution in [0.25, 0.3) is 0 Å². The Morgan fingerprint density at radius 1 is 1.31 bits per heavy atom. The number of anilines is 2. The van der Waals surface area contributed by atoms with Gasteiger partial charge in [0.2, 0.25) is 5.91 Å². The summed E-state index contributed by atoms with van der Waals surface area (Å²) in [4.78, 5) is 13.1. The number of rotatable bonds is 6. The van der Waals surface area contributed by atoms with Crippen LogP contribution < -0.4 is 21.2 Å². The highest BCUT2D eigenvalue weighted by molar-refractivity contribution is 8.00. The summed E-state index contributed by atoms with van der Waals surface area (Å²) >= 11 is 1.42. The minimum absolute atomic E-state index is 0.0257. The predicted molar refractivity (Wildman–Crippen MR) is 104 cm³/mol. The summed E-state index contributed by atoms with van der Waals surface area (Å²) in [5.74, 6) is 0.0257. The molecule has 26 heavy (non-hydrogen) atoms. The van der Waals surface area contributed by atoms with Gasteiger partial charge in [0, 0.05) is 22.3 Å². The van der Waals surface area contributed by atoms with E-state index in [1.54, 1.807) is 0 Å². The lowest BCUT2D eigenvalue weighted by molar-refractivity contribution is -0.120. The molecule has 0 bridgehead atoms. The Balaban J connectivity index is 1.45. The molecule has 8 heteroatoms. The van der Waals surface area contributed by atoms with Crippen molar-refractivity contribution < 1.29 is 14.5 Å². The van der Waals surface area contributed by atoms with E-state index in [1.165, 1.54) is 11.9 Å². The van der Waals surface area contributed by atoms with Crippen LogP contribution in [-0.4, -0.2) is 24.1 Å². The zero-order valence-electron chi connectivity index (χ0n) is 14.2. The second-order valence-electron chi connectivity index (χ2n) is 6.67. The van der Waals surface area contributed by atoms with Gasteiger partial charge in [-0.15, -0.1) is 0 Å². The van der Waals surface area contributed by atoms with E-state index in [4.69, 9.17) is 10.4 Å². The lowest BCUT2D eigenvalue weighted by Crippen LogP contribution is -2.28. The molecule has 134 valence electrons. The van der Waals surface area contributed by atoms with Crippen LogP contribution in [0.3, 0.4) is 0 Å². The fourth-order valence-electron chi connectivity index (χ4n) is 2.91. The summed E-state index contributed by atoms with van der Waals surface area (Å²) in [5.41, 5.74) is 10.1. The molecule has 2 aliphatic rings. The first-order valence-electron chi connectivity index (χ1n) is 8.61. The van der Waals surface area contributed by atoms with Crippen molar-refractivity contribution in [1.82, 2.24) is 5.32 Å². The van der Waals surface area contributed by atoms with Gasteiger partial charge in [0.1, 0.15) is 0 Å². The second kappa shape index (κ2) is 7.22. The Labute approximate surface area is 156 Å². The van der Waals surface area contributed by atoms with E-state index in [2.05, 4.69) is 10.0 Å². The SMILES string of the molecule is Nc1ccc(SNc2ccc3c(c2)B(O)OC3)c(CC(=O)NC2CC2)c1. The summed E-state index contributed by atoms with van der Waals surface area (Å²) in [6, 6.07) is 11.7. The Kier molecular flexibility index (Phi) is 4.80. The van der Waals surface area contributed by atoms with Gasteiger partial charge in [-0.2, -0.15) is 0 Å². The number of carbonyl (C=O) groups excluding carboxylic acids is 1. The number of benzene rings is 2. The fourth-order valence-corrected chi connectivity index (χ4v) is 3.66. The molecule has 0 atom stereocenters. The zero-order valence-corrected chi connectivity index (χ0v) is 15.0. The van der Waals surface area contributed by atoms with Gasteiger partial charge in [-0.1, -0.05) is 6.07 Å². The molecule has 1 saturated carbocycles. The van der Waals surface area contributed by atoms with Gasteiger partial charge in [-0.3, -0.25) is 4.79 Å². The summed E-state index contributed by atoms with van der Waals surface area (Å²) < 4.78 is 8.49. The Morgan fingerprint density at radius 3 is 2.96 bits per heavy atom. The molecule has 1 amide bonds. The van der Waals surface area contributed by atoms with Gasteiger partial charge in [0.25, 0.3) is 0 Å². The number of fused-ring (bicyclic) bond motifs is 1. The third-order valence-corrected chi connectivity index (χ3v) is 5.42. The average Bonchev–Trinajstić information content (AvgIpc) is 3.35. The lowest BCUT2D eigenvalue weighted by atomic mass is 9.79. The van der Waals surface area contributed by atoms with Crippen LogP contribution >= 0.6 is 11.9 Å². The molecule has 1 heterocycles. The van der Waals surface area contributed by atoms with Crippen LogP contribution in [0.2, 0.25) is 0 Å². The molecule has 4 rings (SSSR count). The van der Waals surface area contributed by atoms with E-state index >= 15 is 0 Å². The maximum atomic E-state index is 12.1. The summed E-state index contributed by atoms with van der Waals surface area (Å²) in [5, 5.41) is 12.8. The maximum Gasteiger partial charge on any atom is 0.491 e. The van der Waals surface area contributed by atoms with E-state index in [9.17, 15) is 9.82 Å². The van der Waals surface area contributed by atoms with Crippen LogP contribution in [0, 0.1) is 0 Å².